The van der Waals surface area contributed by atoms with Crippen LogP contribution < -0.4 is 0 Å². The van der Waals surface area contributed by atoms with Gasteiger partial charge in [0.25, 0.3) is 0 Å². The molecule has 23 heavy (non-hydrogen) atoms. The first-order valence-corrected chi connectivity index (χ1v) is 7.30. The van der Waals surface area contributed by atoms with Crippen molar-refractivity contribution in [3.63, 3.8) is 0 Å². The van der Waals surface area contributed by atoms with E-state index >= 15 is 0 Å². The second kappa shape index (κ2) is 9.85. The maximum Gasteiger partial charge on any atom is 0.416 e. The molecule has 1 aromatic rings. The first kappa shape index (κ1) is 19.0. The lowest BCUT2D eigenvalue weighted by Gasteiger charge is -2.09. The van der Waals surface area contributed by atoms with Gasteiger partial charge in [0.2, 0.25) is 6.61 Å². The van der Waals surface area contributed by atoms with E-state index in [-0.39, 0.29) is 6.61 Å². The minimum Gasteiger partial charge on any atom is -0.382 e. The van der Waals surface area contributed by atoms with E-state index in [9.17, 15) is 13.2 Å². The summed E-state index contributed by atoms with van der Waals surface area (Å²) in [6.07, 6.45) is -2.27. The molecule has 0 heterocycles. The Hall–Kier alpha value is -2.07. The van der Waals surface area contributed by atoms with Crippen LogP contribution in [-0.4, -0.2) is 25.5 Å². The highest BCUT2D eigenvalue weighted by molar-refractivity contribution is 6.00. The van der Waals surface area contributed by atoms with Crippen LogP contribution in [-0.2, 0) is 15.8 Å². The Balaban J connectivity index is 2.75. The minimum atomic E-state index is -4.37. The van der Waals surface area contributed by atoms with E-state index in [2.05, 4.69) is 5.16 Å². The molecule has 0 aliphatic carbocycles. The van der Waals surface area contributed by atoms with Crippen molar-refractivity contribution in [3.8, 4) is 6.07 Å². The molecule has 7 heteroatoms. The van der Waals surface area contributed by atoms with Gasteiger partial charge in [0.05, 0.1) is 11.3 Å². The first-order chi connectivity index (χ1) is 11.0. The fourth-order valence-electron chi connectivity index (χ4n) is 1.87. The number of alkyl halides is 3. The number of nitrogens with zero attached hydrogens (tertiary/aromatic N) is 2. The van der Waals surface area contributed by atoms with Crippen LogP contribution in [0, 0.1) is 11.3 Å². The summed E-state index contributed by atoms with van der Waals surface area (Å²) >= 11 is 0. The molecule has 0 fully saturated rings. The zero-order chi connectivity index (χ0) is 17.1. The summed E-state index contributed by atoms with van der Waals surface area (Å²) in [5.74, 6) is 0. The number of rotatable bonds is 9. The number of nitriles is 1. The Morgan fingerprint density at radius 2 is 1.91 bits per heavy atom. The maximum absolute atomic E-state index is 12.6. The van der Waals surface area contributed by atoms with E-state index in [4.69, 9.17) is 14.8 Å². The molecule has 0 unspecified atom stereocenters. The molecule has 0 radical (unpaired) electrons. The van der Waals surface area contributed by atoms with Crippen molar-refractivity contribution >= 4 is 5.71 Å². The van der Waals surface area contributed by atoms with Crippen LogP contribution in [0.2, 0.25) is 0 Å². The topological polar surface area (TPSA) is 54.6 Å². The fraction of sp³-hybridized carbons (Fsp3) is 0.500. The molecule has 1 aromatic carbocycles. The van der Waals surface area contributed by atoms with Gasteiger partial charge in [0.1, 0.15) is 6.07 Å². The molecular weight excluding hydrogens is 309 g/mol. The molecule has 0 aliphatic rings. The molecule has 4 nitrogen and oxygen atoms in total. The van der Waals surface area contributed by atoms with Gasteiger partial charge in [-0.15, -0.1) is 0 Å². The summed E-state index contributed by atoms with van der Waals surface area (Å²) in [5.41, 5.74) is 0.354. The van der Waals surface area contributed by atoms with Crippen molar-refractivity contribution in [1.82, 2.24) is 0 Å². The minimum absolute atomic E-state index is 0.205. The molecule has 1 rings (SSSR count). The van der Waals surface area contributed by atoms with Gasteiger partial charge >= 0.3 is 6.18 Å². The van der Waals surface area contributed by atoms with Gasteiger partial charge in [-0.25, -0.2) is 0 Å². The average Bonchev–Trinajstić information content (AvgIpc) is 2.52. The van der Waals surface area contributed by atoms with E-state index in [1.165, 1.54) is 12.1 Å². The highest BCUT2D eigenvalue weighted by Gasteiger charge is 2.30. The van der Waals surface area contributed by atoms with Crippen LogP contribution in [0.5, 0.6) is 0 Å². The van der Waals surface area contributed by atoms with Gasteiger partial charge in [-0.3, -0.25) is 0 Å². The van der Waals surface area contributed by atoms with Crippen molar-refractivity contribution in [2.45, 2.75) is 32.4 Å². The van der Waals surface area contributed by atoms with Crippen molar-refractivity contribution in [3.05, 3.63) is 35.4 Å². The van der Waals surface area contributed by atoms with E-state index in [1.54, 1.807) is 6.07 Å². The number of oxime groups is 1. The second-order valence-electron chi connectivity index (χ2n) is 4.70. The predicted molar refractivity (Wildman–Crippen MR) is 79.9 cm³/mol. The van der Waals surface area contributed by atoms with Gasteiger partial charge in [0.15, 0.2) is 0 Å². The van der Waals surface area contributed by atoms with Crippen LogP contribution in [0.1, 0.15) is 37.3 Å². The standard InChI is InChI=1S/C16H19F3N2O2/c1-2-22-11-4-3-5-15(21-23-12-10-20)13-6-8-14(9-7-13)16(17,18)19/h6-9H,2-5,11-12H2,1H3. The lowest BCUT2D eigenvalue weighted by Crippen LogP contribution is -2.07. The second-order valence-corrected chi connectivity index (χ2v) is 4.70. The Morgan fingerprint density at radius 3 is 2.48 bits per heavy atom. The zero-order valence-corrected chi connectivity index (χ0v) is 12.9. The number of hydrogen-bond acceptors (Lipinski definition) is 4. The van der Waals surface area contributed by atoms with Crippen LogP contribution in [0.3, 0.4) is 0 Å². The van der Waals surface area contributed by atoms with Gasteiger partial charge in [-0.05, 0) is 43.9 Å². The number of ether oxygens (including phenoxy) is 1. The fourth-order valence-corrected chi connectivity index (χ4v) is 1.87. The van der Waals surface area contributed by atoms with Crippen molar-refractivity contribution < 1.29 is 22.7 Å². The Bertz CT molecular complexity index is 534. The SMILES string of the molecule is CCOCCCCC(=NOCC#N)c1ccc(C(F)(F)F)cc1. The first-order valence-electron chi connectivity index (χ1n) is 7.30. The molecule has 0 saturated heterocycles. The van der Waals surface area contributed by atoms with E-state index in [0.29, 0.717) is 30.9 Å². The summed E-state index contributed by atoms with van der Waals surface area (Å²) in [6, 6.07) is 6.53. The van der Waals surface area contributed by atoms with Crippen LogP contribution >= 0.6 is 0 Å². The lowest BCUT2D eigenvalue weighted by molar-refractivity contribution is -0.137. The summed E-state index contributed by atoms with van der Waals surface area (Å²) in [5, 5.41) is 12.3. The van der Waals surface area contributed by atoms with Crippen LogP contribution in [0.15, 0.2) is 29.4 Å². The monoisotopic (exact) mass is 328 g/mol. The third-order valence-corrected chi connectivity index (χ3v) is 3.01. The van der Waals surface area contributed by atoms with E-state index in [1.807, 2.05) is 6.92 Å². The molecule has 0 aromatic heterocycles. The van der Waals surface area contributed by atoms with E-state index in [0.717, 1.165) is 25.0 Å². The molecule has 0 N–H and O–H groups in total. The molecule has 0 atom stereocenters. The number of halogens is 3. The largest absolute Gasteiger partial charge is 0.416 e. The van der Waals surface area contributed by atoms with E-state index < -0.39 is 11.7 Å². The van der Waals surface area contributed by atoms with Crippen LogP contribution in [0.4, 0.5) is 13.2 Å². The molecule has 0 aliphatic heterocycles. The number of benzene rings is 1. The molecule has 0 spiro atoms. The highest BCUT2D eigenvalue weighted by atomic mass is 19.4. The third kappa shape index (κ3) is 7.15. The summed E-state index contributed by atoms with van der Waals surface area (Å²) in [6.45, 7) is 2.97. The van der Waals surface area contributed by atoms with Gasteiger partial charge < -0.3 is 9.57 Å². The number of unbranched alkanes of at least 4 members (excludes halogenated alkanes) is 1. The molecule has 126 valence electrons. The third-order valence-electron chi connectivity index (χ3n) is 3.01. The van der Waals surface area contributed by atoms with Crippen molar-refractivity contribution in [2.24, 2.45) is 5.16 Å². The summed E-state index contributed by atoms with van der Waals surface area (Å²) in [4.78, 5) is 4.85. The Morgan fingerprint density at radius 1 is 1.22 bits per heavy atom. The summed E-state index contributed by atoms with van der Waals surface area (Å²) < 4.78 is 43.0. The Kier molecular flexibility index (Phi) is 8.13. The van der Waals surface area contributed by atoms with Crippen LogP contribution in [0.25, 0.3) is 0 Å². The summed E-state index contributed by atoms with van der Waals surface area (Å²) in [7, 11) is 0. The molecule has 0 bridgehead atoms. The number of hydrogen-bond donors (Lipinski definition) is 0. The lowest BCUT2D eigenvalue weighted by atomic mass is 10.0. The van der Waals surface area contributed by atoms with Gasteiger partial charge in [-0.2, -0.15) is 18.4 Å². The Labute approximate surface area is 133 Å². The van der Waals surface area contributed by atoms with Gasteiger partial charge in [0, 0.05) is 13.2 Å². The smallest absolute Gasteiger partial charge is 0.382 e. The normalized spacial score (nSPS) is 12.0. The van der Waals surface area contributed by atoms with Crippen molar-refractivity contribution in [1.29, 1.82) is 5.26 Å². The molecular formula is C16H19F3N2O2. The maximum atomic E-state index is 12.6. The highest BCUT2D eigenvalue weighted by Crippen LogP contribution is 2.29. The predicted octanol–water partition coefficient (Wildman–Crippen LogP) is 4.16. The van der Waals surface area contributed by atoms with Crippen molar-refractivity contribution in [2.75, 3.05) is 19.8 Å². The quantitative estimate of drug-likeness (QED) is 0.389. The molecule has 0 saturated carbocycles. The average molecular weight is 328 g/mol. The van der Waals surface area contributed by atoms with Gasteiger partial charge in [-0.1, -0.05) is 17.3 Å². The zero-order valence-electron chi connectivity index (χ0n) is 12.9. The molecule has 0 amide bonds.